The van der Waals surface area contributed by atoms with Crippen LogP contribution in [0.15, 0.2) is 29.2 Å². The number of benzene rings is 1. The second kappa shape index (κ2) is 7.59. The van der Waals surface area contributed by atoms with Gasteiger partial charge in [-0.25, -0.2) is 19.0 Å². The predicted molar refractivity (Wildman–Crippen MR) is 74.9 cm³/mol. The second-order valence-electron chi connectivity index (χ2n) is 4.86. The zero-order valence-electron chi connectivity index (χ0n) is 11.4. The number of hydrogen-bond acceptors (Lipinski definition) is 4. The van der Waals surface area contributed by atoms with E-state index in [4.69, 9.17) is 5.90 Å². The van der Waals surface area contributed by atoms with Gasteiger partial charge in [0.1, 0.15) is 0 Å². The average molecular weight is 286 g/mol. The molecule has 0 spiro atoms. The van der Waals surface area contributed by atoms with Crippen LogP contribution in [0.4, 0.5) is 0 Å². The fourth-order valence-corrected chi connectivity index (χ4v) is 2.77. The summed E-state index contributed by atoms with van der Waals surface area (Å²) in [5, 5.41) is 0. The number of rotatable bonds is 8. The van der Waals surface area contributed by atoms with E-state index in [1.165, 1.54) is 0 Å². The van der Waals surface area contributed by atoms with Crippen LogP contribution in [0, 0.1) is 5.92 Å². The van der Waals surface area contributed by atoms with E-state index in [-0.39, 0.29) is 5.92 Å². The molecule has 0 aliphatic heterocycles. The highest BCUT2D eigenvalue weighted by molar-refractivity contribution is 7.89. The minimum Gasteiger partial charge on any atom is -0.305 e. The van der Waals surface area contributed by atoms with Gasteiger partial charge in [-0.1, -0.05) is 26.0 Å². The van der Waals surface area contributed by atoms with E-state index in [0.29, 0.717) is 18.0 Å². The Morgan fingerprint density at radius 2 is 1.89 bits per heavy atom. The molecular formula is C13H22N2O3S. The van der Waals surface area contributed by atoms with Crippen LogP contribution in [0.2, 0.25) is 0 Å². The normalized spacial score (nSPS) is 12.0. The van der Waals surface area contributed by atoms with Gasteiger partial charge < -0.3 is 4.84 Å². The summed E-state index contributed by atoms with van der Waals surface area (Å²) >= 11 is 0. The summed E-state index contributed by atoms with van der Waals surface area (Å²) in [7, 11) is -3.39. The summed E-state index contributed by atoms with van der Waals surface area (Å²) in [6.45, 7) is 4.87. The first-order valence-electron chi connectivity index (χ1n) is 6.36. The number of nitrogens with one attached hydrogen (secondary N) is 1. The molecule has 6 heteroatoms. The van der Waals surface area contributed by atoms with E-state index in [1.54, 1.807) is 12.1 Å². The number of sulfonamides is 1. The van der Waals surface area contributed by atoms with Crippen molar-refractivity contribution in [3.63, 3.8) is 0 Å². The lowest BCUT2D eigenvalue weighted by Gasteiger charge is -2.09. The van der Waals surface area contributed by atoms with Crippen molar-refractivity contribution in [3.8, 4) is 0 Å². The Bertz CT molecular complexity index is 469. The number of hydrogen-bond donors (Lipinski definition) is 2. The molecule has 3 N–H and O–H groups in total. The summed E-state index contributed by atoms with van der Waals surface area (Å²) in [4.78, 5) is 4.79. The lowest BCUT2D eigenvalue weighted by atomic mass is 10.1. The smallest absolute Gasteiger partial charge is 0.240 e. The van der Waals surface area contributed by atoms with E-state index in [0.717, 1.165) is 18.4 Å². The molecule has 0 aliphatic carbocycles. The molecule has 0 fully saturated rings. The van der Waals surface area contributed by atoms with Crippen LogP contribution < -0.4 is 10.6 Å². The summed E-state index contributed by atoms with van der Waals surface area (Å²) in [5.41, 5.74) is 1.07. The van der Waals surface area contributed by atoms with Crippen LogP contribution >= 0.6 is 0 Å². The second-order valence-corrected chi connectivity index (χ2v) is 6.63. The van der Waals surface area contributed by atoms with Gasteiger partial charge in [0.05, 0.1) is 11.5 Å². The van der Waals surface area contributed by atoms with Crippen LogP contribution in [0.3, 0.4) is 0 Å². The highest BCUT2D eigenvalue weighted by Crippen LogP contribution is 2.12. The Morgan fingerprint density at radius 1 is 1.26 bits per heavy atom. The van der Waals surface area contributed by atoms with Crippen LogP contribution in [0.1, 0.15) is 25.8 Å². The third kappa shape index (κ3) is 5.69. The molecule has 0 aliphatic rings. The molecule has 0 amide bonds. The van der Waals surface area contributed by atoms with Gasteiger partial charge in [-0.2, -0.15) is 0 Å². The van der Waals surface area contributed by atoms with Gasteiger partial charge >= 0.3 is 0 Å². The van der Waals surface area contributed by atoms with Gasteiger partial charge in [-0.3, -0.25) is 0 Å². The van der Waals surface area contributed by atoms with Gasteiger partial charge in [0.2, 0.25) is 10.0 Å². The molecule has 0 atom stereocenters. The minimum atomic E-state index is -3.39. The van der Waals surface area contributed by atoms with E-state index in [2.05, 4.69) is 9.56 Å². The largest absolute Gasteiger partial charge is 0.305 e. The summed E-state index contributed by atoms with van der Waals surface area (Å²) in [5.74, 6) is 5.23. The van der Waals surface area contributed by atoms with Crippen molar-refractivity contribution >= 4 is 10.0 Å². The van der Waals surface area contributed by atoms with Crippen LogP contribution in [-0.2, 0) is 21.3 Å². The van der Waals surface area contributed by atoms with Crippen molar-refractivity contribution in [1.29, 1.82) is 0 Å². The van der Waals surface area contributed by atoms with Crippen molar-refractivity contribution in [3.05, 3.63) is 29.8 Å². The summed E-state index contributed by atoms with van der Waals surface area (Å²) in [6, 6.07) is 6.89. The SMILES string of the molecule is CC(C)CNS(=O)(=O)c1ccc(CCCON)cc1. The van der Waals surface area contributed by atoms with Crippen LogP contribution in [0.5, 0.6) is 0 Å². The van der Waals surface area contributed by atoms with Gasteiger partial charge in [0.25, 0.3) is 0 Å². The fourth-order valence-electron chi connectivity index (χ4n) is 1.55. The fraction of sp³-hybridized carbons (Fsp3) is 0.538. The van der Waals surface area contributed by atoms with E-state index >= 15 is 0 Å². The Kier molecular flexibility index (Phi) is 6.44. The Balaban J connectivity index is 2.64. The molecule has 19 heavy (non-hydrogen) atoms. The van der Waals surface area contributed by atoms with Gasteiger partial charge in [-0.05, 0) is 36.5 Å². The summed E-state index contributed by atoms with van der Waals surface area (Å²) < 4.78 is 26.5. The van der Waals surface area contributed by atoms with Crippen molar-refractivity contribution in [2.24, 2.45) is 11.8 Å². The molecular weight excluding hydrogens is 264 g/mol. The average Bonchev–Trinajstić information content (AvgIpc) is 2.37. The standard InChI is InChI=1S/C13H22N2O3S/c1-11(2)10-15-19(16,17)13-7-5-12(6-8-13)4-3-9-18-14/h5-8,11,15H,3-4,9-10,14H2,1-2H3. The van der Waals surface area contributed by atoms with Crippen molar-refractivity contribution < 1.29 is 13.3 Å². The molecule has 0 radical (unpaired) electrons. The molecule has 1 aromatic carbocycles. The maximum absolute atomic E-state index is 12.0. The Morgan fingerprint density at radius 3 is 2.42 bits per heavy atom. The molecule has 0 aromatic heterocycles. The summed E-state index contributed by atoms with van der Waals surface area (Å²) in [6.07, 6.45) is 1.63. The van der Waals surface area contributed by atoms with Crippen molar-refractivity contribution in [2.45, 2.75) is 31.6 Å². The first-order chi connectivity index (χ1) is 8.95. The molecule has 0 heterocycles. The Labute approximate surface area is 115 Å². The van der Waals surface area contributed by atoms with Gasteiger partial charge in [0.15, 0.2) is 0 Å². The zero-order chi connectivity index (χ0) is 14.3. The van der Waals surface area contributed by atoms with Gasteiger partial charge in [0, 0.05) is 6.54 Å². The Hall–Kier alpha value is -0.950. The molecule has 1 rings (SSSR count). The van der Waals surface area contributed by atoms with Crippen molar-refractivity contribution in [2.75, 3.05) is 13.2 Å². The highest BCUT2D eigenvalue weighted by atomic mass is 32.2. The molecule has 0 saturated heterocycles. The lowest BCUT2D eigenvalue weighted by Crippen LogP contribution is -2.27. The van der Waals surface area contributed by atoms with Crippen molar-refractivity contribution in [1.82, 2.24) is 4.72 Å². The lowest BCUT2D eigenvalue weighted by molar-refractivity contribution is 0.135. The molecule has 0 saturated carbocycles. The highest BCUT2D eigenvalue weighted by Gasteiger charge is 2.13. The van der Waals surface area contributed by atoms with Gasteiger partial charge in [-0.15, -0.1) is 0 Å². The molecule has 108 valence electrons. The first kappa shape index (κ1) is 16.1. The zero-order valence-corrected chi connectivity index (χ0v) is 12.2. The molecule has 0 unspecified atom stereocenters. The van der Waals surface area contributed by atoms with Crippen LogP contribution in [-0.4, -0.2) is 21.6 Å². The third-order valence-electron chi connectivity index (χ3n) is 2.64. The maximum Gasteiger partial charge on any atom is 0.240 e. The first-order valence-corrected chi connectivity index (χ1v) is 7.84. The number of aryl methyl sites for hydroxylation is 1. The molecule has 1 aromatic rings. The topological polar surface area (TPSA) is 81.4 Å². The van der Waals surface area contributed by atoms with E-state index in [1.807, 2.05) is 26.0 Å². The molecule has 5 nitrogen and oxygen atoms in total. The maximum atomic E-state index is 12.0. The third-order valence-corrected chi connectivity index (χ3v) is 4.08. The minimum absolute atomic E-state index is 0.283. The van der Waals surface area contributed by atoms with E-state index < -0.39 is 10.0 Å². The van der Waals surface area contributed by atoms with Crippen LogP contribution in [0.25, 0.3) is 0 Å². The quantitative estimate of drug-likeness (QED) is 0.560. The number of nitrogens with two attached hydrogens (primary N) is 1. The molecule has 0 bridgehead atoms. The monoisotopic (exact) mass is 286 g/mol. The van der Waals surface area contributed by atoms with E-state index in [9.17, 15) is 8.42 Å². The predicted octanol–water partition coefficient (Wildman–Crippen LogP) is 1.44.